The molecule has 0 unspecified atom stereocenters. The van der Waals surface area contributed by atoms with E-state index in [0.717, 1.165) is 58.2 Å². The van der Waals surface area contributed by atoms with Crippen LogP contribution in [0.1, 0.15) is 45.4 Å². The first-order valence-electron chi connectivity index (χ1n) is 7.24. The Balaban J connectivity index is 2.11. The highest BCUT2D eigenvalue weighted by Gasteiger charge is 2.23. The van der Waals surface area contributed by atoms with Gasteiger partial charge in [0.15, 0.2) is 0 Å². The molecule has 0 saturated carbocycles. The number of piperidine rings is 1. The van der Waals surface area contributed by atoms with E-state index in [9.17, 15) is 4.79 Å². The Hall–Kier alpha value is -1.21. The van der Waals surface area contributed by atoms with Crippen molar-refractivity contribution in [2.45, 2.75) is 51.6 Å². The molecule has 4 heteroatoms. The fourth-order valence-electron chi connectivity index (χ4n) is 2.02. The molecule has 1 heterocycles. The molecule has 0 aromatic carbocycles. The van der Waals surface area contributed by atoms with Crippen LogP contribution in [0.25, 0.3) is 0 Å². The number of ether oxygens (including phenoxy) is 2. The quantitative estimate of drug-likeness (QED) is 0.526. The molecule has 108 valence electrons. The number of rotatable bonds is 7. The molecule has 0 N–H and O–H groups in total. The maximum atomic E-state index is 11.7. The molecule has 1 saturated heterocycles. The molecule has 0 aliphatic carbocycles. The lowest BCUT2D eigenvalue weighted by atomic mass is 10.1. The zero-order valence-corrected chi connectivity index (χ0v) is 11.9. The van der Waals surface area contributed by atoms with E-state index in [1.165, 1.54) is 0 Å². The number of unbranched alkanes of at least 4 members (excludes halogenated alkanes) is 2. The van der Waals surface area contributed by atoms with Crippen molar-refractivity contribution in [1.29, 1.82) is 0 Å². The summed E-state index contributed by atoms with van der Waals surface area (Å²) in [4.78, 5) is 13.5. The highest BCUT2D eigenvalue weighted by Crippen LogP contribution is 2.15. The molecule has 19 heavy (non-hydrogen) atoms. The summed E-state index contributed by atoms with van der Waals surface area (Å²) in [6.07, 6.45) is 10.7. The Morgan fingerprint density at radius 1 is 1.32 bits per heavy atom. The molecule has 1 aliphatic rings. The third kappa shape index (κ3) is 6.49. The summed E-state index contributed by atoms with van der Waals surface area (Å²) in [5.74, 6) is 2.60. The Kier molecular flexibility index (Phi) is 8.08. The average Bonchev–Trinajstić information content (AvgIpc) is 2.44. The van der Waals surface area contributed by atoms with Gasteiger partial charge in [0.05, 0.1) is 12.7 Å². The topological polar surface area (TPSA) is 38.8 Å². The first kappa shape index (κ1) is 15.8. The second-order valence-electron chi connectivity index (χ2n) is 4.83. The van der Waals surface area contributed by atoms with E-state index in [4.69, 9.17) is 15.9 Å². The first-order chi connectivity index (χ1) is 9.27. The van der Waals surface area contributed by atoms with Crippen LogP contribution in [0.2, 0.25) is 0 Å². The lowest BCUT2D eigenvalue weighted by Gasteiger charge is -2.31. The van der Waals surface area contributed by atoms with E-state index in [1.807, 2.05) is 0 Å². The van der Waals surface area contributed by atoms with Crippen molar-refractivity contribution in [2.24, 2.45) is 0 Å². The molecule has 0 spiro atoms. The van der Waals surface area contributed by atoms with Crippen LogP contribution in [0.3, 0.4) is 0 Å². The SMILES string of the molecule is C#CCCCOC1CCN(C(=O)OCCCC)CC1. The average molecular weight is 267 g/mol. The maximum Gasteiger partial charge on any atom is 0.409 e. The standard InChI is InChI=1S/C15H25NO3/c1-3-5-7-13-18-14-8-10-16(11-9-14)15(17)19-12-6-4-2/h1,14H,4-13H2,2H3. The molecule has 1 aliphatic heterocycles. The fraction of sp³-hybridized carbons (Fsp3) is 0.800. The van der Waals surface area contributed by atoms with Crippen LogP contribution in [-0.4, -0.2) is 43.4 Å². The summed E-state index contributed by atoms with van der Waals surface area (Å²) in [5, 5.41) is 0. The summed E-state index contributed by atoms with van der Waals surface area (Å²) in [5.41, 5.74) is 0. The molecular weight excluding hydrogens is 242 g/mol. The molecule has 1 amide bonds. The Bertz CT molecular complexity index is 290. The molecule has 1 rings (SSSR count). The summed E-state index contributed by atoms with van der Waals surface area (Å²) in [6, 6.07) is 0. The van der Waals surface area contributed by atoms with E-state index in [-0.39, 0.29) is 12.2 Å². The van der Waals surface area contributed by atoms with Crippen LogP contribution in [0.15, 0.2) is 0 Å². The van der Waals surface area contributed by atoms with Gasteiger partial charge in [-0.1, -0.05) is 13.3 Å². The van der Waals surface area contributed by atoms with Crippen molar-refractivity contribution < 1.29 is 14.3 Å². The van der Waals surface area contributed by atoms with E-state index in [1.54, 1.807) is 4.90 Å². The highest BCUT2D eigenvalue weighted by molar-refractivity contribution is 5.67. The van der Waals surface area contributed by atoms with Crippen molar-refractivity contribution in [2.75, 3.05) is 26.3 Å². The van der Waals surface area contributed by atoms with Crippen LogP contribution in [0.5, 0.6) is 0 Å². The third-order valence-electron chi connectivity index (χ3n) is 3.24. The number of amides is 1. The molecule has 0 aromatic heterocycles. The van der Waals surface area contributed by atoms with Gasteiger partial charge in [0.25, 0.3) is 0 Å². The lowest BCUT2D eigenvalue weighted by molar-refractivity contribution is 0.00523. The van der Waals surface area contributed by atoms with Crippen molar-refractivity contribution in [3.63, 3.8) is 0 Å². The molecule has 4 nitrogen and oxygen atoms in total. The molecule has 0 radical (unpaired) electrons. The number of terminal acetylenes is 1. The minimum absolute atomic E-state index is 0.181. The molecule has 0 aromatic rings. The Labute approximate surface area is 116 Å². The Morgan fingerprint density at radius 3 is 2.68 bits per heavy atom. The van der Waals surface area contributed by atoms with Gasteiger partial charge >= 0.3 is 6.09 Å². The van der Waals surface area contributed by atoms with Crippen LogP contribution in [0, 0.1) is 12.3 Å². The lowest BCUT2D eigenvalue weighted by Crippen LogP contribution is -2.41. The summed E-state index contributed by atoms with van der Waals surface area (Å²) in [7, 11) is 0. The number of hydrogen-bond acceptors (Lipinski definition) is 3. The maximum absolute atomic E-state index is 11.7. The normalized spacial score (nSPS) is 16.1. The second kappa shape index (κ2) is 9.69. The molecule has 1 fully saturated rings. The van der Waals surface area contributed by atoms with E-state index in [0.29, 0.717) is 6.61 Å². The van der Waals surface area contributed by atoms with E-state index in [2.05, 4.69) is 12.8 Å². The summed E-state index contributed by atoms with van der Waals surface area (Å²) < 4.78 is 10.9. The van der Waals surface area contributed by atoms with Crippen LogP contribution >= 0.6 is 0 Å². The molecular formula is C15H25NO3. The van der Waals surface area contributed by atoms with Gasteiger partial charge in [0.1, 0.15) is 0 Å². The van der Waals surface area contributed by atoms with Crippen LogP contribution < -0.4 is 0 Å². The van der Waals surface area contributed by atoms with Gasteiger partial charge in [0, 0.05) is 26.1 Å². The molecule has 0 bridgehead atoms. The zero-order chi connectivity index (χ0) is 13.9. The zero-order valence-electron chi connectivity index (χ0n) is 11.9. The fourth-order valence-corrected chi connectivity index (χ4v) is 2.02. The van der Waals surface area contributed by atoms with Crippen molar-refractivity contribution in [3.8, 4) is 12.3 Å². The van der Waals surface area contributed by atoms with Crippen molar-refractivity contribution >= 4 is 6.09 Å². The largest absolute Gasteiger partial charge is 0.449 e. The smallest absolute Gasteiger partial charge is 0.409 e. The van der Waals surface area contributed by atoms with Crippen LogP contribution in [-0.2, 0) is 9.47 Å². The van der Waals surface area contributed by atoms with Gasteiger partial charge in [-0.25, -0.2) is 4.79 Å². The third-order valence-corrected chi connectivity index (χ3v) is 3.24. The first-order valence-corrected chi connectivity index (χ1v) is 7.24. The number of nitrogens with zero attached hydrogens (tertiary/aromatic N) is 1. The summed E-state index contributed by atoms with van der Waals surface area (Å²) >= 11 is 0. The van der Waals surface area contributed by atoms with Gasteiger partial charge in [-0.15, -0.1) is 12.3 Å². The van der Waals surface area contributed by atoms with E-state index >= 15 is 0 Å². The monoisotopic (exact) mass is 267 g/mol. The summed E-state index contributed by atoms with van der Waals surface area (Å²) in [6.45, 7) is 4.78. The van der Waals surface area contributed by atoms with Gasteiger partial charge in [-0.3, -0.25) is 0 Å². The number of carbonyl (C=O) groups is 1. The predicted molar refractivity (Wildman–Crippen MR) is 74.9 cm³/mol. The van der Waals surface area contributed by atoms with Crippen molar-refractivity contribution in [1.82, 2.24) is 4.90 Å². The van der Waals surface area contributed by atoms with Gasteiger partial charge in [-0.2, -0.15) is 0 Å². The van der Waals surface area contributed by atoms with Crippen molar-refractivity contribution in [3.05, 3.63) is 0 Å². The highest BCUT2D eigenvalue weighted by atomic mass is 16.6. The van der Waals surface area contributed by atoms with Gasteiger partial charge < -0.3 is 14.4 Å². The molecule has 0 atom stereocenters. The number of hydrogen-bond donors (Lipinski definition) is 0. The Morgan fingerprint density at radius 2 is 2.05 bits per heavy atom. The number of likely N-dealkylation sites (tertiary alicyclic amines) is 1. The van der Waals surface area contributed by atoms with E-state index < -0.39 is 0 Å². The predicted octanol–water partition coefficient (Wildman–Crippen LogP) is 2.82. The second-order valence-corrected chi connectivity index (χ2v) is 4.83. The van der Waals surface area contributed by atoms with Gasteiger partial charge in [-0.05, 0) is 25.7 Å². The van der Waals surface area contributed by atoms with Gasteiger partial charge in [0.2, 0.25) is 0 Å². The van der Waals surface area contributed by atoms with Crippen LogP contribution in [0.4, 0.5) is 4.79 Å². The minimum Gasteiger partial charge on any atom is -0.449 e. The minimum atomic E-state index is -0.181. The number of carbonyl (C=O) groups excluding carboxylic acids is 1.